The molecule has 1 amide bonds. The van der Waals surface area contributed by atoms with Crippen LogP contribution < -0.4 is 19.7 Å². The zero-order chi connectivity index (χ0) is 22.7. The van der Waals surface area contributed by atoms with Gasteiger partial charge in [0.25, 0.3) is 11.6 Å². The fourth-order valence-electron chi connectivity index (χ4n) is 3.67. The minimum Gasteiger partial charge on any atom is -0.497 e. The van der Waals surface area contributed by atoms with Gasteiger partial charge >= 0.3 is 0 Å². The molecule has 0 spiro atoms. The molecule has 2 aromatic carbocycles. The quantitative estimate of drug-likeness (QED) is 0.411. The van der Waals surface area contributed by atoms with Crippen molar-refractivity contribution in [3.63, 3.8) is 0 Å². The molecule has 10 heteroatoms. The van der Waals surface area contributed by atoms with Gasteiger partial charge in [-0.3, -0.25) is 20.2 Å². The van der Waals surface area contributed by atoms with Crippen LogP contribution in [-0.2, 0) is 0 Å². The number of nitro groups is 1. The fourth-order valence-corrected chi connectivity index (χ4v) is 4.38. The van der Waals surface area contributed by atoms with E-state index in [4.69, 9.17) is 9.47 Å². The molecule has 0 unspecified atom stereocenters. The summed E-state index contributed by atoms with van der Waals surface area (Å²) in [6.45, 7) is 1.56. The van der Waals surface area contributed by atoms with E-state index in [1.165, 1.54) is 17.4 Å². The molecule has 2 heterocycles. The maximum absolute atomic E-state index is 12.8. The number of hydrogen-bond acceptors (Lipinski definition) is 8. The highest BCUT2D eigenvalue weighted by Crippen LogP contribution is 2.35. The van der Waals surface area contributed by atoms with Gasteiger partial charge in [0, 0.05) is 35.7 Å². The third-order valence-corrected chi connectivity index (χ3v) is 6.05. The predicted octanol–water partition coefficient (Wildman–Crippen LogP) is 4.59. The zero-order valence-electron chi connectivity index (χ0n) is 17.7. The molecule has 32 heavy (non-hydrogen) atoms. The number of nitrogens with zero attached hydrogens (tertiary/aromatic N) is 3. The van der Waals surface area contributed by atoms with E-state index in [-0.39, 0.29) is 11.3 Å². The van der Waals surface area contributed by atoms with Crippen LogP contribution in [0.1, 0.15) is 23.2 Å². The van der Waals surface area contributed by atoms with E-state index in [0.29, 0.717) is 28.0 Å². The molecular weight excluding hydrogens is 432 g/mol. The van der Waals surface area contributed by atoms with Crippen LogP contribution >= 0.6 is 11.3 Å². The number of benzene rings is 2. The van der Waals surface area contributed by atoms with E-state index >= 15 is 0 Å². The molecule has 0 atom stereocenters. The van der Waals surface area contributed by atoms with Crippen LogP contribution in [0.15, 0.2) is 41.8 Å². The molecule has 1 aromatic heterocycles. The number of hydrogen-bond donors (Lipinski definition) is 1. The normalized spacial score (nSPS) is 13.1. The molecule has 4 rings (SSSR count). The maximum Gasteiger partial charge on any atom is 0.293 e. The Labute approximate surface area is 188 Å². The first-order chi connectivity index (χ1) is 15.5. The summed E-state index contributed by atoms with van der Waals surface area (Å²) in [6, 6.07) is 9.95. The van der Waals surface area contributed by atoms with E-state index in [9.17, 15) is 14.9 Å². The van der Waals surface area contributed by atoms with E-state index in [0.717, 1.165) is 31.5 Å². The zero-order valence-corrected chi connectivity index (χ0v) is 18.5. The van der Waals surface area contributed by atoms with Crippen molar-refractivity contribution in [1.29, 1.82) is 0 Å². The number of thiazole rings is 1. The number of anilines is 2. The molecule has 0 bridgehead atoms. The van der Waals surface area contributed by atoms with Gasteiger partial charge in [-0.15, -0.1) is 11.3 Å². The van der Waals surface area contributed by atoms with Gasteiger partial charge in [0.15, 0.2) is 5.13 Å². The van der Waals surface area contributed by atoms with Crippen molar-refractivity contribution >= 4 is 33.8 Å². The number of amides is 1. The lowest BCUT2D eigenvalue weighted by Crippen LogP contribution is -2.19. The maximum atomic E-state index is 12.8. The minimum absolute atomic E-state index is 0.0690. The van der Waals surface area contributed by atoms with Crippen LogP contribution in [0.5, 0.6) is 11.5 Å². The van der Waals surface area contributed by atoms with Crippen LogP contribution in [0.3, 0.4) is 0 Å². The Kier molecular flexibility index (Phi) is 6.22. The molecule has 0 aliphatic carbocycles. The van der Waals surface area contributed by atoms with Crippen molar-refractivity contribution < 1.29 is 19.2 Å². The van der Waals surface area contributed by atoms with Gasteiger partial charge in [-0.2, -0.15) is 0 Å². The highest BCUT2D eigenvalue weighted by Gasteiger charge is 2.24. The first-order valence-corrected chi connectivity index (χ1v) is 10.9. The fraction of sp³-hybridized carbons (Fsp3) is 0.273. The van der Waals surface area contributed by atoms with Crippen molar-refractivity contribution in [3.05, 3.63) is 57.5 Å². The van der Waals surface area contributed by atoms with Crippen molar-refractivity contribution in [2.45, 2.75) is 12.8 Å². The molecule has 1 aliphatic heterocycles. The second-order valence-corrected chi connectivity index (χ2v) is 8.07. The molecule has 3 aromatic rings. The Balaban J connectivity index is 1.56. The average molecular weight is 455 g/mol. The second-order valence-electron chi connectivity index (χ2n) is 7.21. The summed E-state index contributed by atoms with van der Waals surface area (Å²) in [5.41, 5.74) is 2.03. The lowest BCUT2D eigenvalue weighted by Gasteiger charge is -2.17. The van der Waals surface area contributed by atoms with Gasteiger partial charge in [-0.05, 0) is 43.2 Å². The molecule has 1 fully saturated rings. The lowest BCUT2D eigenvalue weighted by molar-refractivity contribution is -0.384. The van der Waals surface area contributed by atoms with Crippen LogP contribution in [0.2, 0.25) is 0 Å². The SMILES string of the molecule is COc1ccc(OC)c(-c2csc(NC(=O)c3ccc(N4CCCC4)c([N+](=O)[O-])c3)n2)c1. The van der Waals surface area contributed by atoms with E-state index < -0.39 is 10.8 Å². The smallest absolute Gasteiger partial charge is 0.293 e. The highest BCUT2D eigenvalue weighted by molar-refractivity contribution is 7.14. The van der Waals surface area contributed by atoms with Crippen LogP contribution in [0.4, 0.5) is 16.5 Å². The molecule has 0 saturated carbocycles. The van der Waals surface area contributed by atoms with Crippen molar-refractivity contribution in [3.8, 4) is 22.8 Å². The topological polar surface area (TPSA) is 107 Å². The summed E-state index contributed by atoms with van der Waals surface area (Å²) in [4.78, 5) is 30.4. The Morgan fingerprint density at radius 1 is 1.16 bits per heavy atom. The van der Waals surface area contributed by atoms with Gasteiger partial charge < -0.3 is 14.4 Å². The van der Waals surface area contributed by atoms with Crippen molar-refractivity contribution in [2.24, 2.45) is 0 Å². The average Bonchev–Trinajstić information content (AvgIpc) is 3.50. The van der Waals surface area contributed by atoms with Crippen molar-refractivity contribution in [2.75, 3.05) is 37.5 Å². The summed E-state index contributed by atoms with van der Waals surface area (Å²) >= 11 is 1.25. The van der Waals surface area contributed by atoms with Gasteiger partial charge in [-0.1, -0.05) is 0 Å². The largest absolute Gasteiger partial charge is 0.497 e. The predicted molar refractivity (Wildman–Crippen MR) is 123 cm³/mol. The summed E-state index contributed by atoms with van der Waals surface area (Å²) in [6.07, 6.45) is 2.01. The summed E-state index contributed by atoms with van der Waals surface area (Å²) in [5.74, 6) is 0.825. The Morgan fingerprint density at radius 3 is 2.62 bits per heavy atom. The summed E-state index contributed by atoms with van der Waals surface area (Å²) in [7, 11) is 3.14. The molecule has 0 radical (unpaired) electrons. The summed E-state index contributed by atoms with van der Waals surface area (Å²) in [5, 5.41) is 16.5. The molecule has 9 nitrogen and oxygen atoms in total. The molecular formula is C22H22N4O5S. The number of rotatable bonds is 7. The third-order valence-electron chi connectivity index (χ3n) is 5.29. The monoisotopic (exact) mass is 454 g/mol. The molecule has 1 aliphatic rings. The third kappa shape index (κ3) is 4.35. The molecule has 1 saturated heterocycles. The van der Waals surface area contributed by atoms with Crippen LogP contribution in [0.25, 0.3) is 11.3 Å². The first kappa shape index (κ1) is 21.6. The van der Waals surface area contributed by atoms with Gasteiger partial charge in [0.2, 0.25) is 0 Å². The van der Waals surface area contributed by atoms with E-state index in [1.807, 2.05) is 4.90 Å². The molecule has 1 N–H and O–H groups in total. The first-order valence-electron chi connectivity index (χ1n) is 10.0. The standard InChI is InChI=1S/C22H22N4O5S/c1-30-15-6-8-20(31-2)16(12-15)17-13-32-22(23-17)24-21(27)14-5-7-18(19(11-14)26(28)29)25-9-3-4-10-25/h5-8,11-13H,3-4,9-10H2,1-2H3,(H,23,24,27). The Hall–Kier alpha value is -3.66. The second kappa shape index (κ2) is 9.23. The Morgan fingerprint density at radius 2 is 1.94 bits per heavy atom. The van der Waals surface area contributed by atoms with Crippen molar-refractivity contribution in [1.82, 2.24) is 4.98 Å². The number of carbonyl (C=O) groups excluding carboxylic acids is 1. The van der Waals surface area contributed by atoms with Gasteiger partial charge in [-0.25, -0.2) is 4.98 Å². The van der Waals surface area contributed by atoms with Crippen LogP contribution in [0, 0.1) is 10.1 Å². The Bertz CT molecular complexity index is 1160. The number of carbonyl (C=O) groups is 1. The number of methoxy groups -OCH3 is 2. The number of nitrogens with one attached hydrogen (secondary N) is 1. The van der Waals surface area contributed by atoms with E-state index in [1.54, 1.807) is 49.9 Å². The van der Waals surface area contributed by atoms with E-state index in [2.05, 4.69) is 10.3 Å². The van der Waals surface area contributed by atoms with Gasteiger partial charge in [0.1, 0.15) is 17.2 Å². The highest BCUT2D eigenvalue weighted by atomic mass is 32.1. The number of aromatic nitrogens is 1. The number of nitro benzene ring substituents is 1. The summed E-state index contributed by atoms with van der Waals surface area (Å²) < 4.78 is 10.7. The van der Waals surface area contributed by atoms with Gasteiger partial charge in [0.05, 0.1) is 24.8 Å². The molecule has 166 valence electrons. The van der Waals surface area contributed by atoms with Crippen LogP contribution in [-0.4, -0.2) is 43.1 Å². The lowest BCUT2D eigenvalue weighted by atomic mass is 10.1. The number of ether oxygens (including phenoxy) is 2. The minimum atomic E-state index is -0.459.